The maximum absolute atomic E-state index is 12.2. The molecule has 4 aromatic rings. The molecule has 0 saturated heterocycles. The van der Waals surface area contributed by atoms with Gasteiger partial charge in [-0.2, -0.15) is 11.8 Å². The number of H-pyrrole nitrogens is 1. The van der Waals surface area contributed by atoms with Gasteiger partial charge in [-0.15, -0.1) is 0 Å². The van der Waals surface area contributed by atoms with Gasteiger partial charge < -0.3 is 14.9 Å². The van der Waals surface area contributed by atoms with Crippen LogP contribution in [0.4, 0.5) is 0 Å². The highest BCUT2D eigenvalue weighted by atomic mass is 35.5. The van der Waals surface area contributed by atoms with Gasteiger partial charge in [0.05, 0.1) is 16.7 Å². The van der Waals surface area contributed by atoms with Crippen LogP contribution in [0.5, 0.6) is 0 Å². The molecule has 6 nitrogen and oxygen atoms in total. The van der Waals surface area contributed by atoms with Crippen LogP contribution in [-0.4, -0.2) is 32.7 Å². The number of amides is 1. The molecule has 2 heterocycles. The number of aromatic nitrogens is 3. The molecule has 0 bridgehead atoms. The molecule has 4 rings (SSSR count). The zero-order valence-electron chi connectivity index (χ0n) is 15.5. The Hall–Kier alpha value is -2.77. The molecule has 0 radical (unpaired) electrons. The molecule has 0 atom stereocenters. The number of para-hydroxylation sites is 1. The minimum absolute atomic E-state index is 0.0553. The van der Waals surface area contributed by atoms with Gasteiger partial charge in [-0.3, -0.25) is 9.59 Å². The fourth-order valence-electron chi connectivity index (χ4n) is 3.17. The Morgan fingerprint density at radius 1 is 1.14 bits per heavy atom. The number of hydrogen-bond acceptors (Lipinski definition) is 4. The largest absolute Gasteiger partial charge is 0.354 e. The number of aromatic amines is 1. The van der Waals surface area contributed by atoms with Gasteiger partial charge in [0.25, 0.3) is 5.56 Å². The van der Waals surface area contributed by atoms with Gasteiger partial charge in [0, 0.05) is 34.4 Å². The van der Waals surface area contributed by atoms with Crippen molar-refractivity contribution in [2.75, 3.05) is 12.3 Å². The third kappa shape index (κ3) is 4.46. The molecule has 2 aromatic heterocycles. The van der Waals surface area contributed by atoms with Gasteiger partial charge >= 0.3 is 0 Å². The second kappa shape index (κ2) is 8.71. The number of nitrogens with one attached hydrogen (secondary N) is 2. The molecule has 1 amide bonds. The highest BCUT2D eigenvalue weighted by molar-refractivity contribution is 7.98. The molecule has 2 aromatic carbocycles. The van der Waals surface area contributed by atoms with E-state index in [1.165, 1.54) is 0 Å². The smallest absolute Gasteiger partial charge is 0.258 e. The van der Waals surface area contributed by atoms with Crippen LogP contribution in [-0.2, 0) is 17.1 Å². The average Bonchev–Trinajstić information content (AvgIpc) is 3.12. The van der Waals surface area contributed by atoms with Crippen LogP contribution in [0.1, 0.15) is 5.82 Å². The fourth-order valence-corrected chi connectivity index (χ4v) is 4.12. The lowest BCUT2D eigenvalue weighted by Gasteiger charge is -2.08. The van der Waals surface area contributed by atoms with E-state index in [2.05, 4.69) is 15.3 Å². The number of benzene rings is 2. The van der Waals surface area contributed by atoms with E-state index in [9.17, 15) is 9.59 Å². The van der Waals surface area contributed by atoms with E-state index in [0.29, 0.717) is 34.0 Å². The van der Waals surface area contributed by atoms with Crippen molar-refractivity contribution in [1.82, 2.24) is 19.9 Å². The number of thioether (sulfide) groups is 1. The molecule has 0 aliphatic heterocycles. The minimum Gasteiger partial charge on any atom is -0.354 e. The summed E-state index contributed by atoms with van der Waals surface area (Å²) in [5.74, 6) is 1.89. The van der Waals surface area contributed by atoms with Crippen LogP contribution in [0, 0.1) is 0 Å². The number of carbonyl (C=O) groups is 1. The van der Waals surface area contributed by atoms with E-state index < -0.39 is 0 Å². The van der Waals surface area contributed by atoms with E-state index in [-0.39, 0.29) is 18.0 Å². The standard InChI is InChI=1S/C21H19ClN4O2S/c22-16-5-3-7-18-14(16)8-10-26(18)12-20(27)23-9-11-29-13-19-24-17-6-2-1-4-15(17)21(28)25-19/h1-8,10H,9,11-13H2,(H,23,27)(H,24,25,28). The number of nitrogens with zero attached hydrogens (tertiary/aromatic N) is 2. The summed E-state index contributed by atoms with van der Waals surface area (Å²) in [4.78, 5) is 31.6. The second-order valence-corrected chi connectivity index (χ2v) is 8.06. The predicted molar refractivity (Wildman–Crippen MR) is 118 cm³/mol. The van der Waals surface area contributed by atoms with Crippen molar-refractivity contribution in [1.29, 1.82) is 0 Å². The highest BCUT2D eigenvalue weighted by Crippen LogP contribution is 2.24. The van der Waals surface area contributed by atoms with Crippen molar-refractivity contribution in [3.63, 3.8) is 0 Å². The number of hydrogen-bond donors (Lipinski definition) is 2. The van der Waals surface area contributed by atoms with E-state index in [1.807, 2.05) is 53.2 Å². The summed E-state index contributed by atoms with van der Waals surface area (Å²) in [6, 6.07) is 14.8. The van der Waals surface area contributed by atoms with Crippen LogP contribution >= 0.6 is 23.4 Å². The third-order valence-corrected chi connectivity index (χ3v) is 5.84. The summed E-state index contributed by atoms with van der Waals surface area (Å²) in [5.41, 5.74) is 1.51. The predicted octanol–water partition coefficient (Wildman–Crippen LogP) is 3.58. The molecular weight excluding hydrogens is 408 g/mol. The van der Waals surface area contributed by atoms with Crippen molar-refractivity contribution < 1.29 is 4.79 Å². The topological polar surface area (TPSA) is 79.8 Å². The van der Waals surface area contributed by atoms with Gasteiger partial charge in [-0.1, -0.05) is 29.8 Å². The van der Waals surface area contributed by atoms with Crippen molar-refractivity contribution in [2.45, 2.75) is 12.3 Å². The summed E-state index contributed by atoms with van der Waals surface area (Å²) in [5, 5.41) is 5.13. The monoisotopic (exact) mass is 426 g/mol. The molecule has 0 aliphatic rings. The van der Waals surface area contributed by atoms with Gasteiger partial charge in [0.2, 0.25) is 5.91 Å². The van der Waals surface area contributed by atoms with Crippen LogP contribution in [0.25, 0.3) is 21.8 Å². The summed E-state index contributed by atoms with van der Waals surface area (Å²) in [7, 11) is 0. The van der Waals surface area contributed by atoms with Crippen molar-refractivity contribution >= 4 is 51.1 Å². The average molecular weight is 427 g/mol. The van der Waals surface area contributed by atoms with Crippen LogP contribution in [0.15, 0.2) is 59.5 Å². The maximum atomic E-state index is 12.2. The second-order valence-electron chi connectivity index (χ2n) is 6.55. The number of rotatable bonds is 7. The zero-order valence-corrected chi connectivity index (χ0v) is 17.1. The van der Waals surface area contributed by atoms with Crippen LogP contribution in [0.2, 0.25) is 5.02 Å². The highest BCUT2D eigenvalue weighted by Gasteiger charge is 2.08. The van der Waals surface area contributed by atoms with Crippen molar-refractivity contribution in [3.8, 4) is 0 Å². The fraction of sp³-hybridized carbons (Fsp3) is 0.190. The van der Waals surface area contributed by atoms with Crippen LogP contribution in [0.3, 0.4) is 0 Å². The first-order chi connectivity index (χ1) is 14.1. The van der Waals surface area contributed by atoms with E-state index in [1.54, 1.807) is 17.8 Å². The summed E-state index contributed by atoms with van der Waals surface area (Å²) in [6.07, 6.45) is 1.87. The van der Waals surface area contributed by atoms with E-state index in [0.717, 1.165) is 16.7 Å². The van der Waals surface area contributed by atoms with Crippen molar-refractivity contribution in [3.05, 3.63) is 75.9 Å². The molecule has 2 N–H and O–H groups in total. The van der Waals surface area contributed by atoms with Gasteiger partial charge in [0.15, 0.2) is 0 Å². The van der Waals surface area contributed by atoms with E-state index in [4.69, 9.17) is 11.6 Å². The zero-order chi connectivity index (χ0) is 20.2. The molecule has 148 valence electrons. The SMILES string of the molecule is O=C(Cn1ccc2c(Cl)cccc21)NCCSCc1nc2ccccc2c(=O)[nH]1. The van der Waals surface area contributed by atoms with E-state index >= 15 is 0 Å². The lowest BCUT2D eigenvalue weighted by Crippen LogP contribution is -2.29. The summed E-state index contributed by atoms with van der Waals surface area (Å²) < 4.78 is 1.88. The number of halogens is 1. The molecule has 0 aliphatic carbocycles. The number of carbonyl (C=O) groups excluding carboxylic acids is 1. The normalized spacial score (nSPS) is 11.2. The van der Waals surface area contributed by atoms with Crippen LogP contribution < -0.4 is 10.9 Å². The molecule has 0 saturated carbocycles. The summed E-state index contributed by atoms with van der Waals surface area (Å²) >= 11 is 7.78. The molecular formula is C21H19ClN4O2S. The molecule has 8 heteroatoms. The van der Waals surface area contributed by atoms with Gasteiger partial charge in [-0.05, 0) is 30.3 Å². The first-order valence-electron chi connectivity index (χ1n) is 9.17. The Balaban J connectivity index is 1.26. The first kappa shape index (κ1) is 19.5. The lowest BCUT2D eigenvalue weighted by atomic mass is 10.2. The Morgan fingerprint density at radius 2 is 2.00 bits per heavy atom. The van der Waals surface area contributed by atoms with Gasteiger partial charge in [0.1, 0.15) is 12.4 Å². The molecule has 0 fully saturated rings. The van der Waals surface area contributed by atoms with Gasteiger partial charge in [-0.25, -0.2) is 4.98 Å². The molecule has 0 unspecified atom stereocenters. The summed E-state index contributed by atoms with van der Waals surface area (Å²) in [6.45, 7) is 0.787. The molecule has 29 heavy (non-hydrogen) atoms. The Bertz CT molecular complexity index is 1230. The lowest BCUT2D eigenvalue weighted by molar-refractivity contribution is -0.121. The third-order valence-electron chi connectivity index (χ3n) is 4.54. The van der Waals surface area contributed by atoms with Crippen molar-refractivity contribution in [2.24, 2.45) is 0 Å². The maximum Gasteiger partial charge on any atom is 0.258 e. The Kier molecular flexibility index (Phi) is 5.87. The quantitative estimate of drug-likeness (QED) is 0.443. The number of fused-ring (bicyclic) bond motifs is 2. The Labute approximate surface area is 176 Å². The first-order valence-corrected chi connectivity index (χ1v) is 10.7. The Morgan fingerprint density at radius 3 is 2.90 bits per heavy atom. The molecule has 0 spiro atoms. The minimum atomic E-state index is -0.126.